The van der Waals surface area contributed by atoms with Gasteiger partial charge in [0.1, 0.15) is 5.54 Å². The zero-order chi connectivity index (χ0) is 21.8. The van der Waals surface area contributed by atoms with Gasteiger partial charge < -0.3 is 4.74 Å². The van der Waals surface area contributed by atoms with Crippen molar-refractivity contribution in [1.82, 2.24) is 14.8 Å². The summed E-state index contributed by atoms with van der Waals surface area (Å²) in [7, 11) is 1.62. The third-order valence-electron chi connectivity index (χ3n) is 5.75. The molecule has 156 valence electrons. The van der Waals surface area contributed by atoms with Crippen LogP contribution in [-0.2, 0) is 5.54 Å². The van der Waals surface area contributed by atoms with E-state index in [2.05, 4.69) is 82.5 Å². The van der Waals surface area contributed by atoms with E-state index in [0.29, 0.717) is 5.88 Å². The first-order valence-electron chi connectivity index (χ1n) is 10.6. The van der Waals surface area contributed by atoms with Gasteiger partial charge in [-0.1, -0.05) is 91.0 Å². The van der Waals surface area contributed by atoms with Crippen molar-refractivity contribution in [1.29, 1.82) is 0 Å². The Hall–Kier alpha value is -4.18. The molecule has 2 heterocycles. The Balaban J connectivity index is 1.76. The van der Waals surface area contributed by atoms with E-state index >= 15 is 0 Å². The van der Waals surface area contributed by atoms with Crippen LogP contribution in [0.15, 0.2) is 122 Å². The molecule has 5 aromatic rings. The first-order valence-corrected chi connectivity index (χ1v) is 10.6. The van der Waals surface area contributed by atoms with Gasteiger partial charge in [-0.05, 0) is 28.8 Å². The predicted molar refractivity (Wildman–Crippen MR) is 127 cm³/mol. The van der Waals surface area contributed by atoms with Crippen LogP contribution in [0.25, 0.3) is 11.3 Å². The number of rotatable bonds is 6. The van der Waals surface area contributed by atoms with Crippen LogP contribution < -0.4 is 4.74 Å². The topological polar surface area (TPSA) is 39.9 Å². The monoisotopic (exact) mass is 417 g/mol. The molecule has 0 N–H and O–H groups in total. The zero-order valence-electron chi connectivity index (χ0n) is 17.8. The smallest absolute Gasteiger partial charge is 0.212 e. The average Bonchev–Trinajstić information content (AvgIpc) is 3.37. The fraction of sp³-hybridized carbons (Fsp3) is 0.0714. The van der Waals surface area contributed by atoms with Crippen molar-refractivity contribution in [2.24, 2.45) is 0 Å². The van der Waals surface area contributed by atoms with Gasteiger partial charge in [-0.25, -0.2) is 4.98 Å². The summed E-state index contributed by atoms with van der Waals surface area (Å²) in [5, 5.41) is 5.07. The molecule has 4 heteroatoms. The third kappa shape index (κ3) is 3.36. The first-order chi connectivity index (χ1) is 15.8. The van der Waals surface area contributed by atoms with Crippen molar-refractivity contribution in [3.8, 4) is 17.1 Å². The molecule has 32 heavy (non-hydrogen) atoms. The van der Waals surface area contributed by atoms with E-state index in [-0.39, 0.29) is 0 Å². The molecular formula is C28H23N3O. The molecule has 0 aliphatic heterocycles. The SMILES string of the molecule is COc1ccc(-c2ccn(C(c3ccccc3)(c3ccccc3)c3ccccc3)n2)cn1. The van der Waals surface area contributed by atoms with E-state index in [1.807, 2.05) is 42.6 Å². The van der Waals surface area contributed by atoms with E-state index in [9.17, 15) is 0 Å². The van der Waals surface area contributed by atoms with Crippen LogP contribution in [0.1, 0.15) is 16.7 Å². The summed E-state index contributed by atoms with van der Waals surface area (Å²) in [6.07, 6.45) is 3.84. The number of hydrogen-bond donors (Lipinski definition) is 0. The summed E-state index contributed by atoms with van der Waals surface area (Å²) in [4.78, 5) is 4.35. The molecule has 0 saturated heterocycles. The molecule has 5 rings (SSSR count). The molecule has 0 aliphatic rings. The van der Waals surface area contributed by atoms with Crippen LogP contribution in [0, 0.1) is 0 Å². The second kappa shape index (κ2) is 8.52. The maximum absolute atomic E-state index is 5.20. The van der Waals surface area contributed by atoms with Gasteiger partial charge in [-0.2, -0.15) is 5.10 Å². The van der Waals surface area contributed by atoms with Crippen molar-refractivity contribution in [2.75, 3.05) is 7.11 Å². The summed E-state index contributed by atoms with van der Waals surface area (Å²) in [5.74, 6) is 0.584. The van der Waals surface area contributed by atoms with Crippen molar-refractivity contribution in [3.63, 3.8) is 0 Å². The number of aromatic nitrogens is 3. The molecule has 0 saturated carbocycles. The Morgan fingerprint density at radius 3 is 1.62 bits per heavy atom. The van der Waals surface area contributed by atoms with Gasteiger partial charge in [0.05, 0.1) is 12.8 Å². The molecule has 4 nitrogen and oxygen atoms in total. The van der Waals surface area contributed by atoms with Crippen LogP contribution >= 0.6 is 0 Å². The first kappa shape index (κ1) is 19.8. The largest absolute Gasteiger partial charge is 0.481 e. The van der Waals surface area contributed by atoms with Crippen molar-refractivity contribution >= 4 is 0 Å². The van der Waals surface area contributed by atoms with E-state index < -0.39 is 5.54 Å². The van der Waals surface area contributed by atoms with Crippen LogP contribution in [-0.4, -0.2) is 21.9 Å². The molecule has 0 bridgehead atoms. The molecule has 0 radical (unpaired) electrons. The van der Waals surface area contributed by atoms with Gasteiger partial charge >= 0.3 is 0 Å². The van der Waals surface area contributed by atoms with Crippen molar-refractivity contribution in [3.05, 3.63) is 138 Å². The number of ether oxygens (including phenoxy) is 1. The fourth-order valence-corrected chi connectivity index (χ4v) is 4.25. The second-order valence-electron chi connectivity index (χ2n) is 7.54. The van der Waals surface area contributed by atoms with E-state index in [0.717, 1.165) is 27.9 Å². The summed E-state index contributed by atoms with van der Waals surface area (Å²) in [6, 6.07) is 37.4. The lowest BCUT2D eigenvalue weighted by Gasteiger charge is -2.36. The minimum Gasteiger partial charge on any atom is -0.481 e. The Labute approximate surface area is 187 Å². The molecule has 0 atom stereocenters. The maximum Gasteiger partial charge on any atom is 0.212 e. The van der Waals surface area contributed by atoms with Crippen molar-refractivity contribution in [2.45, 2.75) is 5.54 Å². The Morgan fingerprint density at radius 1 is 0.656 bits per heavy atom. The molecular weight excluding hydrogens is 394 g/mol. The van der Waals surface area contributed by atoms with Crippen LogP contribution in [0.5, 0.6) is 5.88 Å². The van der Waals surface area contributed by atoms with Crippen LogP contribution in [0.2, 0.25) is 0 Å². The van der Waals surface area contributed by atoms with Gasteiger partial charge in [0.2, 0.25) is 5.88 Å². The fourth-order valence-electron chi connectivity index (χ4n) is 4.25. The lowest BCUT2D eigenvalue weighted by molar-refractivity contribution is 0.398. The number of pyridine rings is 1. The molecule has 0 unspecified atom stereocenters. The summed E-state index contributed by atoms with van der Waals surface area (Å²) >= 11 is 0. The Bertz CT molecular complexity index is 1180. The molecule has 0 fully saturated rings. The maximum atomic E-state index is 5.20. The number of benzene rings is 3. The minimum absolute atomic E-state index is 0.584. The Morgan fingerprint density at radius 2 is 1.19 bits per heavy atom. The summed E-state index contributed by atoms with van der Waals surface area (Å²) < 4.78 is 7.26. The second-order valence-corrected chi connectivity index (χ2v) is 7.54. The highest BCUT2D eigenvalue weighted by atomic mass is 16.5. The highest BCUT2D eigenvalue weighted by Crippen LogP contribution is 2.40. The lowest BCUT2D eigenvalue weighted by Crippen LogP contribution is -2.38. The van der Waals surface area contributed by atoms with E-state index in [1.165, 1.54) is 0 Å². The summed E-state index contributed by atoms with van der Waals surface area (Å²) in [5.41, 5.74) is 4.58. The highest BCUT2D eigenvalue weighted by Gasteiger charge is 2.39. The standard InChI is InChI=1S/C28H23N3O/c1-32-27-18-17-22(21-29-27)26-19-20-31(30-26)28(23-11-5-2-6-12-23,24-13-7-3-8-14-24)25-15-9-4-10-16-25/h2-21H,1H3. The van der Waals surface area contributed by atoms with Gasteiger partial charge in [0, 0.05) is 24.0 Å². The predicted octanol–water partition coefficient (Wildman–Crippen LogP) is 5.79. The lowest BCUT2D eigenvalue weighted by atomic mass is 9.77. The number of hydrogen-bond acceptors (Lipinski definition) is 3. The van der Waals surface area contributed by atoms with Crippen LogP contribution in [0.4, 0.5) is 0 Å². The number of nitrogens with zero attached hydrogens (tertiary/aromatic N) is 3. The summed E-state index contributed by atoms with van der Waals surface area (Å²) in [6.45, 7) is 0. The quantitative estimate of drug-likeness (QED) is 0.328. The third-order valence-corrected chi connectivity index (χ3v) is 5.75. The molecule has 2 aromatic heterocycles. The van der Waals surface area contributed by atoms with Crippen molar-refractivity contribution < 1.29 is 4.74 Å². The van der Waals surface area contributed by atoms with Crippen LogP contribution in [0.3, 0.4) is 0 Å². The van der Waals surface area contributed by atoms with E-state index in [4.69, 9.17) is 9.84 Å². The van der Waals surface area contributed by atoms with Gasteiger partial charge in [-0.15, -0.1) is 0 Å². The van der Waals surface area contributed by atoms with E-state index in [1.54, 1.807) is 13.3 Å². The molecule has 3 aromatic carbocycles. The zero-order valence-corrected chi connectivity index (χ0v) is 17.8. The van der Waals surface area contributed by atoms with Gasteiger partial charge in [-0.3, -0.25) is 4.68 Å². The number of methoxy groups -OCH3 is 1. The molecule has 0 aliphatic carbocycles. The molecule has 0 amide bonds. The molecule has 0 spiro atoms. The van der Waals surface area contributed by atoms with Gasteiger partial charge in [0.15, 0.2) is 0 Å². The van der Waals surface area contributed by atoms with Gasteiger partial charge in [0.25, 0.3) is 0 Å². The normalized spacial score (nSPS) is 11.3. The highest BCUT2D eigenvalue weighted by molar-refractivity contribution is 5.59. The average molecular weight is 418 g/mol. The minimum atomic E-state index is -0.623. The Kier molecular flexibility index (Phi) is 5.26.